The molecule has 3 aromatic rings. The van der Waals surface area contributed by atoms with Crippen LogP contribution in [-0.2, 0) is 15.6 Å². The van der Waals surface area contributed by atoms with Crippen LogP contribution in [0.1, 0.15) is 11.1 Å². The number of aromatic nitrogens is 1. The summed E-state index contributed by atoms with van der Waals surface area (Å²) in [5.41, 5.74) is 2.68. The second kappa shape index (κ2) is 5.50. The van der Waals surface area contributed by atoms with E-state index in [0.717, 1.165) is 22.0 Å². The number of rotatable bonds is 4. The smallest absolute Gasteiger partial charge is 0.182 e. The van der Waals surface area contributed by atoms with Gasteiger partial charge < -0.3 is 9.72 Å². The van der Waals surface area contributed by atoms with Crippen LogP contribution in [0.3, 0.4) is 0 Å². The van der Waals surface area contributed by atoms with Crippen molar-refractivity contribution in [3.05, 3.63) is 59.8 Å². The van der Waals surface area contributed by atoms with Crippen LogP contribution in [0, 0.1) is 6.92 Å². The zero-order chi connectivity index (χ0) is 15.7. The number of ether oxygens (including phenoxy) is 1. The minimum Gasteiger partial charge on any atom is -0.497 e. The van der Waals surface area contributed by atoms with Crippen LogP contribution in [0.4, 0.5) is 0 Å². The average molecular weight is 315 g/mol. The van der Waals surface area contributed by atoms with Gasteiger partial charge >= 0.3 is 0 Å². The molecule has 0 saturated heterocycles. The fourth-order valence-electron chi connectivity index (χ4n) is 2.44. The monoisotopic (exact) mass is 315 g/mol. The third kappa shape index (κ3) is 2.72. The van der Waals surface area contributed by atoms with Crippen molar-refractivity contribution >= 4 is 20.7 Å². The van der Waals surface area contributed by atoms with Crippen LogP contribution in [0.25, 0.3) is 10.9 Å². The second-order valence-corrected chi connectivity index (χ2v) is 7.29. The average Bonchev–Trinajstić information content (AvgIpc) is 2.89. The molecule has 2 aromatic carbocycles. The van der Waals surface area contributed by atoms with E-state index in [4.69, 9.17) is 4.74 Å². The van der Waals surface area contributed by atoms with Gasteiger partial charge in [0.1, 0.15) is 5.75 Å². The van der Waals surface area contributed by atoms with Crippen molar-refractivity contribution in [1.29, 1.82) is 0 Å². The third-order valence-electron chi connectivity index (χ3n) is 3.70. The summed E-state index contributed by atoms with van der Waals surface area (Å²) >= 11 is 0. The fourth-order valence-corrected chi connectivity index (χ4v) is 3.80. The molecule has 0 atom stereocenters. The molecule has 22 heavy (non-hydrogen) atoms. The molecule has 0 saturated carbocycles. The van der Waals surface area contributed by atoms with Gasteiger partial charge in [-0.25, -0.2) is 8.42 Å². The van der Waals surface area contributed by atoms with Gasteiger partial charge in [-0.05, 0) is 42.8 Å². The molecule has 1 aromatic heterocycles. The zero-order valence-electron chi connectivity index (χ0n) is 12.5. The molecule has 3 rings (SSSR count). The Morgan fingerprint density at radius 1 is 1.09 bits per heavy atom. The van der Waals surface area contributed by atoms with E-state index in [9.17, 15) is 8.42 Å². The molecule has 1 N–H and O–H groups in total. The number of benzene rings is 2. The van der Waals surface area contributed by atoms with Gasteiger partial charge in [-0.15, -0.1) is 0 Å². The Morgan fingerprint density at radius 3 is 2.50 bits per heavy atom. The lowest BCUT2D eigenvalue weighted by Crippen LogP contribution is -2.04. The highest BCUT2D eigenvalue weighted by molar-refractivity contribution is 7.90. The minimum atomic E-state index is -3.37. The van der Waals surface area contributed by atoms with Crippen molar-refractivity contribution < 1.29 is 13.2 Å². The Morgan fingerprint density at radius 2 is 1.82 bits per heavy atom. The molecule has 0 aliphatic heterocycles. The first-order valence-electron chi connectivity index (χ1n) is 6.93. The van der Waals surface area contributed by atoms with E-state index in [1.165, 1.54) is 0 Å². The van der Waals surface area contributed by atoms with Crippen LogP contribution in [-0.4, -0.2) is 20.5 Å². The first kappa shape index (κ1) is 14.7. The van der Waals surface area contributed by atoms with Crippen LogP contribution in [0.2, 0.25) is 0 Å². The number of methoxy groups -OCH3 is 1. The lowest BCUT2D eigenvalue weighted by molar-refractivity contribution is 0.415. The molecule has 0 amide bonds. The topological polar surface area (TPSA) is 59.2 Å². The van der Waals surface area contributed by atoms with Crippen molar-refractivity contribution in [1.82, 2.24) is 4.98 Å². The van der Waals surface area contributed by atoms with Crippen LogP contribution < -0.4 is 4.74 Å². The van der Waals surface area contributed by atoms with E-state index in [1.54, 1.807) is 25.4 Å². The summed E-state index contributed by atoms with van der Waals surface area (Å²) in [7, 11) is -1.78. The first-order chi connectivity index (χ1) is 10.5. The predicted molar refractivity (Wildman–Crippen MR) is 86.9 cm³/mol. The molecule has 0 bridgehead atoms. The SMILES string of the molecule is COc1ccc2[nH]cc(CS(=O)(=O)c3ccc(C)cc3)c2c1. The molecule has 1 heterocycles. The normalized spacial score (nSPS) is 11.7. The standard InChI is InChI=1S/C17H17NO3S/c1-12-3-6-15(7-4-12)22(19,20)11-13-10-18-17-8-5-14(21-2)9-16(13)17/h3-10,18H,11H2,1-2H3. The van der Waals surface area contributed by atoms with Crippen molar-refractivity contribution in [3.63, 3.8) is 0 Å². The first-order valence-corrected chi connectivity index (χ1v) is 8.58. The molecule has 5 heteroatoms. The summed E-state index contributed by atoms with van der Waals surface area (Å²) in [5, 5.41) is 0.870. The third-order valence-corrected chi connectivity index (χ3v) is 5.38. The minimum absolute atomic E-state index is 0.0385. The van der Waals surface area contributed by atoms with Crippen molar-refractivity contribution in [2.75, 3.05) is 7.11 Å². The van der Waals surface area contributed by atoms with E-state index >= 15 is 0 Å². The van der Waals surface area contributed by atoms with Gasteiger partial charge in [0, 0.05) is 17.1 Å². The molecule has 0 aliphatic rings. The number of fused-ring (bicyclic) bond motifs is 1. The summed E-state index contributed by atoms with van der Waals surface area (Å²) < 4.78 is 30.3. The van der Waals surface area contributed by atoms with Gasteiger partial charge in [0.05, 0.1) is 17.8 Å². The molecule has 0 radical (unpaired) electrons. The second-order valence-electron chi connectivity index (χ2n) is 5.30. The Balaban J connectivity index is 2.00. The van der Waals surface area contributed by atoms with Gasteiger partial charge in [-0.2, -0.15) is 0 Å². The largest absolute Gasteiger partial charge is 0.497 e. The molecular formula is C17H17NO3S. The highest BCUT2D eigenvalue weighted by atomic mass is 32.2. The van der Waals surface area contributed by atoms with Gasteiger partial charge in [-0.1, -0.05) is 17.7 Å². The molecule has 114 valence electrons. The molecule has 0 fully saturated rings. The molecule has 4 nitrogen and oxygen atoms in total. The van der Waals surface area contributed by atoms with E-state index in [-0.39, 0.29) is 5.75 Å². The Kier molecular flexibility index (Phi) is 3.66. The Labute approximate surface area is 129 Å². The number of H-pyrrole nitrogens is 1. The maximum atomic E-state index is 12.6. The highest BCUT2D eigenvalue weighted by Crippen LogP contribution is 2.26. The van der Waals surface area contributed by atoms with Gasteiger partial charge in [0.15, 0.2) is 9.84 Å². The fraction of sp³-hybridized carbons (Fsp3) is 0.176. The molecular weight excluding hydrogens is 298 g/mol. The summed E-state index contributed by atoms with van der Waals surface area (Å²) in [6, 6.07) is 12.5. The summed E-state index contributed by atoms with van der Waals surface area (Å²) in [6.45, 7) is 1.93. The summed E-state index contributed by atoms with van der Waals surface area (Å²) in [4.78, 5) is 3.45. The maximum absolute atomic E-state index is 12.6. The van der Waals surface area contributed by atoms with Crippen LogP contribution >= 0.6 is 0 Å². The predicted octanol–water partition coefficient (Wildman–Crippen LogP) is 3.46. The van der Waals surface area contributed by atoms with E-state index < -0.39 is 9.84 Å². The number of aromatic amines is 1. The number of hydrogen-bond acceptors (Lipinski definition) is 3. The number of sulfone groups is 1. The van der Waals surface area contributed by atoms with Crippen LogP contribution in [0.5, 0.6) is 5.75 Å². The lowest BCUT2D eigenvalue weighted by Gasteiger charge is -2.05. The lowest BCUT2D eigenvalue weighted by atomic mass is 10.2. The molecule has 0 spiro atoms. The van der Waals surface area contributed by atoms with Crippen molar-refractivity contribution in [2.45, 2.75) is 17.6 Å². The van der Waals surface area contributed by atoms with Gasteiger partial charge in [0.25, 0.3) is 0 Å². The Bertz CT molecular complexity index is 909. The maximum Gasteiger partial charge on any atom is 0.182 e. The number of aryl methyl sites for hydroxylation is 1. The molecule has 0 aliphatic carbocycles. The van der Waals surface area contributed by atoms with E-state index in [2.05, 4.69) is 4.98 Å². The van der Waals surface area contributed by atoms with Gasteiger partial charge in [0.2, 0.25) is 0 Å². The number of nitrogens with one attached hydrogen (secondary N) is 1. The Hall–Kier alpha value is -2.27. The van der Waals surface area contributed by atoms with Crippen LogP contribution in [0.15, 0.2) is 53.6 Å². The number of hydrogen-bond donors (Lipinski definition) is 1. The van der Waals surface area contributed by atoms with Crippen molar-refractivity contribution in [3.8, 4) is 5.75 Å². The highest BCUT2D eigenvalue weighted by Gasteiger charge is 2.17. The van der Waals surface area contributed by atoms with E-state index in [0.29, 0.717) is 10.6 Å². The molecule has 0 unspecified atom stereocenters. The quantitative estimate of drug-likeness (QED) is 0.802. The zero-order valence-corrected chi connectivity index (χ0v) is 13.3. The van der Waals surface area contributed by atoms with Gasteiger partial charge in [-0.3, -0.25) is 0 Å². The summed E-state index contributed by atoms with van der Waals surface area (Å²) in [5.74, 6) is 0.671. The van der Waals surface area contributed by atoms with E-state index in [1.807, 2.05) is 37.3 Å². The van der Waals surface area contributed by atoms with Crippen molar-refractivity contribution in [2.24, 2.45) is 0 Å². The summed E-state index contributed by atoms with van der Waals surface area (Å²) in [6.07, 6.45) is 1.75.